The highest BCUT2D eigenvalue weighted by atomic mass is 16.3. The van der Waals surface area contributed by atoms with Gasteiger partial charge in [-0.25, -0.2) is 0 Å². The minimum Gasteiger partial charge on any atom is -0.504 e. The van der Waals surface area contributed by atoms with Crippen LogP contribution in [0, 0.1) is 11.8 Å². The zero-order valence-electron chi connectivity index (χ0n) is 18.6. The lowest BCUT2D eigenvalue weighted by Crippen LogP contribution is -2.62. The molecule has 1 aromatic rings. The van der Waals surface area contributed by atoms with Crippen LogP contribution in [0.4, 0.5) is 0 Å². The zero-order valence-corrected chi connectivity index (χ0v) is 18.6. The lowest BCUT2D eigenvalue weighted by atomic mass is 9.51. The Labute approximate surface area is 185 Å². The topological polar surface area (TPSA) is 72.8 Å². The van der Waals surface area contributed by atoms with Crippen LogP contribution in [0.3, 0.4) is 0 Å². The van der Waals surface area contributed by atoms with Gasteiger partial charge in [0.15, 0.2) is 11.5 Å². The Morgan fingerprint density at radius 1 is 1.16 bits per heavy atom. The van der Waals surface area contributed by atoms with Gasteiger partial charge in [0.25, 0.3) is 0 Å². The smallest absolute Gasteiger partial charge is 0.246 e. The number of carbonyl (C=O) groups is 1. The van der Waals surface area contributed by atoms with E-state index in [-0.39, 0.29) is 28.9 Å². The highest BCUT2D eigenvalue weighted by Crippen LogP contribution is 2.56. The SMILES string of the molecule is CN(C(=O)/C=C/C1CCCCC1)[C@@H]1CC[C@H]2[C@H]3Cc4c(ccc(O)c4O)[C@@]2(CCN3)C1. The average Bonchev–Trinajstić information content (AvgIpc) is 2.79. The number of hydrogen-bond donors (Lipinski definition) is 3. The van der Waals surface area contributed by atoms with Crippen LogP contribution in [0.2, 0.25) is 0 Å². The van der Waals surface area contributed by atoms with Crippen LogP contribution in [-0.2, 0) is 16.6 Å². The van der Waals surface area contributed by atoms with Gasteiger partial charge in [0, 0.05) is 30.1 Å². The molecule has 5 nitrogen and oxygen atoms in total. The number of nitrogens with zero attached hydrogens (tertiary/aromatic N) is 1. The number of hydrogen-bond acceptors (Lipinski definition) is 4. The first-order valence-electron chi connectivity index (χ1n) is 12.2. The minimum absolute atomic E-state index is 0.0285. The summed E-state index contributed by atoms with van der Waals surface area (Å²) in [5.41, 5.74) is 2.08. The molecule has 1 aliphatic heterocycles. The highest BCUT2D eigenvalue weighted by Gasteiger charge is 2.54. The van der Waals surface area contributed by atoms with E-state index in [1.807, 2.05) is 24.1 Å². The standard InChI is InChI=1S/C26H36N2O3/c1-28(24(30)12-7-17-5-3-2-4-6-17)18-8-9-21-22-15-19-20(10-11-23(29)25(19)31)26(21,16-18)13-14-27-22/h7,10-12,17-18,21-22,27,29,31H,2-6,8-9,13-16H2,1H3/b12-7+/t18-,21+,22-,26-/m1/s1. The molecule has 0 aromatic heterocycles. The first kappa shape index (κ1) is 20.9. The summed E-state index contributed by atoms with van der Waals surface area (Å²) in [6.07, 6.45) is 15.1. The Morgan fingerprint density at radius 2 is 1.97 bits per heavy atom. The van der Waals surface area contributed by atoms with Crippen molar-refractivity contribution in [3.8, 4) is 11.5 Å². The van der Waals surface area contributed by atoms with Gasteiger partial charge in [-0.05, 0) is 81.0 Å². The van der Waals surface area contributed by atoms with Crippen LogP contribution < -0.4 is 5.32 Å². The quantitative estimate of drug-likeness (QED) is 0.506. The molecule has 31 heavy (non-hydrogen) atoms. The van der Waals surface area contributed by atoms with E-state index in [0.29, 0.717) is 17.9 Å². The normalized spacial score (nSPS) is 33.0. The fraction of sp³-hybridized carbons (Fsp3) is 0.654. The minimum atomic E-state index is -0.0286. The van der Waals surface area contributed by atoms with E-state index in [9.17, 15) is 15.0 Å². The molecular weight excluding hydrogens is 388 g/mol. The van der Waals surface area contributed by atoms with Crippen molar-refractivity contribution in [3.63, 3.8) is 0 Å². The number of carbonyl (C=O) groups excluding carboxylic acids is 1. The van der Waals surface area contributed by atoms with Gasteiger partial charge >= 0.3 is 0 Å². The van der Waals surface area contributed by atoms with Crippen molar-refractivity contribution in [1.29, 1.82) is 0 Å². The van der Waals surface area contributed by atoms with Crippen molar-refractivity contribution in [2.75, 3.05) is 13.6 Å². The summed E-state index contributed by atoms with van der Waals surface area (Å²) < 4.78 is 0. The third kappa shape index (κ3) is 3.55. The van der Waals surface area contributed by atoms with Crippen LogP contribution in [0.25, 0.3) is 0 Å². The van der Waals surface area contributed by atoms with Crippen LogP contribution >= 0.6 is 0 Å². The molecule has 3 N–H and O–H groups in total. The predicted octanol–water partition coefficient (Wildman–Crippen LogP) is 4.02. The molecule has 3 fully saturated rings. The van der Waals surface area contributed by atoms with Gasteiger partial charge < -0.3 is 20.4 Å². The molecule has 0 spiro atoms. The second kappa shape index (κ2) is 8.16. The highest BCUT2D eigenvalue weighted by molar-refractivity contribution is 5.87. The maximum absolute atomic E-state index is 13.0. The number of nitrogens with one attached hydrogen (secondary N) is 1. The number of benzene rings is 1. The van der Waals surface area contributed by atoms with Gasteiger partial charge in [-0.15, -0.1) is 0 Å². The molecule has 1 heterocycles. The summed E-state index contributed by atoms with van der Waals surface area (Å²) >= 11 is 0. The molecule has 5 rings (SSSR count). The number of likely N-dealkylation sites (N-methyl/N-ethyl adjacent to an activating group) is 1. The summed E-state index contributed by atoms with van der Waals surface area (Å²) in [6.45, 7) is 0.966. The van der Waals surface area contributed by atoms with E-state index < -0.39 is 0 Å². The monoisotopic (exact) mass is 424 g/mol. The van der Waals surface area contributed by atoms with Crippen molar-refractivity contribution in [2.24, 2.45) is 11.8 Å². The summed E-state index contributed by atoms with van der Waals surface area (Å²) in [4.78, 5) is 15.0. The van der Waals surface area contributed by atoms with Gasteiger partial charge in [0.2, 0.25) is 5.91 Å². The maximum Gasteiger partial charge on any atom is 0.246 e. The molecule has 4 atom stereocenters. The molecule has 0 radical (unpaired) electrons. The van der Waals surface area contributed by atoms with Gasteiger partial charge in [-0.2, -0.15) is 0 Å². The number of phenolic OH excluding ortho intramolecular Hbond substituents is 2. The summed E-state index contributed by atoms with van der Waals surface area (Å²) in [7, 11) is 1.96. The zero-order chi connectivity index (χ0) is 21.6. The van der Waals surface area contributed by atoms with E-state index in [4.69, 9.17) is 0 Å². The Hall–Kier alpha value is -2.01. The molecule has 168 valence electrons. The molecule has 4 aliphatic rings. The van der Waals surface area contributed by atoms with E-state index in [0.717, 1.165) is 44.2 Å². The van der Waals surface area contributed by atoms with Crippen LogP contribution in [0.1, 0.15) is 68.9 Å². The number of rotatable bonds is 3. The molecule has 1 aromatic carbocycles. The number of allylic oxidation sites excluding steroid dienone is 1. The van der Waals surface area contributed by atoms with E-state index in [1.54, 1.807) is 6.07 Å². The van der Waals surface area contributed by atoms with Crippen molar-refractivity contribution in [3.05, 3.63) is 35.4 Å². The van der Waals surface area contributed by atoms with E-state index >= 15 is 0 Å². The van der Waals surface area contributed by atoms with Gasteiger partial charge in [-0.1, -0.05) is 31.4 Å². The Morgan fingerprint density at radius 3 is 2.77 bits per heavy atom. The van der Waals surface area contributed by atoms with Gasteiger partial charge in [0.05, 0.1) is 0 Å². The van der Waals surface area contributed by atoms with Crippen LogP contribution in [0.15, 0.2) is 24.3 Å². The number of aromatic hydroxyl groups is 2. The lowest BCUT2D eigenvalue weighted by molar-refractivity contribution is -0.128. The largest absolute Gasteiger partial charge is 0.504 e. The molecule has 0 unspecified atom stereocenters. The molecule has 2 bridgehead atoms. The summed E-state index contributed by atoms with van der Waals surface area (Å²) in [5.74, 6) is 1.23. The number of amides is 1. The molecule has 5 heteroatoms. The third-order valence-electron chi connectivity index (χ3n) is 8.86. The number of fused-ring (bicyclic) bond motifs is 1. The average molecular weight is 425 g/mol. The molecule has 3 aliphatic carbocycles. The Balaban J connectivity index is 1.39. The lowest BCUT2D eigenvalue weighted by Gasteiger charge is -2.58. The number of piperidine rings is 1. The maximum atomic E-state index is 13.0. The second-order valence-electron chi connectivity index (χ2n) is 10.4. The summed E-state index contributed by atoms with van der Waals surface area (Å²) in [6, 6.07) is 4.22. The van der Waals surface area contributed by atoms with Crippen molar-refractivity contribution < 1.29 is 15.0 Å². The van der Waals surface area contributed by atoms with Crippen LogP contribution in [0.5, 0.6) is 11.5 Å². The van der Waals surface area contributed by atoms with Crippen LogP contribution in [-0.4, -0.2) is 46.7 Å². The van der Waals surface area contributed by atoms with Crippen molar-refractivity contribution >= 4 is 5.91 Å². The molecule has 1 amide bonds. The van der Waals surface area contributed by atoms with E-state index in [1.165, 1.54) is 37.7 Å². The second-order valence-corrected chi connectivity index (χ2v) is 10.4. The molecule has 1 saturated heterocycles. The van der Waals surface area contributed by atoms with Gasteiger partial charge in [0.1, 0.15) is 0 Å². The molecule has 2 saturated carbocycles. The van der Waals surface area contributed by atoms with E-state index in [2.05, 4.69) is 11.4 Å². The first-order chi connectivity index (χ1) is 15.0. The van der Waals surface area contributed by atoms with Crippen molar-refractivity contribution in [1.82, 2.24) is 10.2 Å². The third-order valence-corrected chi connectivity index (χ3v) is 8.86. The summed E-state index contributed by atoms with van der Waals surface area (Å²) in [5, 5.41) is 24.3. The fourth-order valence-electron chi connectivity index (χ4n) is 7.17. The number of phenols is 2. The molecular formula is C26H36N2O3. The fourth-order valence-corrected chi connectivity index (χ4v) is 7.17. The predicted molar refractivity (Wildman–Crippen MR) is 121 cm³/mol. The van der Waals surface area contributed by atoms with Gasteiger partial charge in [-0.3, -0.25) is 4.79 Å². The van der Waals surface area contributed by atoms with Crippen molar-refractivity contribution in [2.45, 2.75) is 81.7 Å². The Bertz CT molecular complexity index is 876. The first-order valence-corrected chi connectivity index (χ1v) is 12.2. The Kier molecular flexibility index (Phi) is 5.49.